The number of hydrogen-bond acceptors (Lipinski definition) is 4. The molecule has 0 bridgehead atoms. The van der Waals surface area contributed by atoms with Gasteiger partial charge in [-0.25, -0.2) is 0 Å². The number of nitrogens with zero attached hydrogens (tertiary/aromatic N) is 1. The molecule has 1 amide bonds. The van der Waals surface area contributed by atoms with Crippen LogP contribution in [0.15, 0.2) is 66.2 Å². The molecule has 0 spiro atoms. The summed E-state index contributed by atoms with van der Waals surface area (Å²) in [6, 6.07) is 16.9. The molecule has 2 aromatic rings. The number of amides is 1. The highest BCUT2D eigenvalue weighted by atomic mass is 16.5. The molecule has 0 aliphatic carbocycles. The highest BCUT2D eigenvalue weighted by Crippen LogP contribution is 2.23. The molecule has 32 heavy (non-hydrogen) atoms. The molecule has 0 saturated carbocycles. The fourth-order valence-electron chi connectivity index (χ4n) is 3.90. The van der Waals surface area contributed by atoms with Crippen LogP contribution in [0.2, 0.25) is 0 Å². The Morgan fingerprint density at radius 3 is 2.41 bits per heavy atom. The number of carbonyl (C=O) groups is 2. The number of rotatable bonds is 7. The Bertz CT molecular complexity index is 986. The predicted molar refractivity (Wildman–Crippen MR) is 125 cm³/mol. The number of hydrogen-bond donors (Lipinski definition) is 3. The van der Waals surface area contributed by atoms with Gasteiger partial charge in [0, 0.05) is 24.7 Å². The van der Waals surface area contributed by atoms with Crippen LogP contribution in [0, 0.1) is 11.3 Å². The summed E-state index contributed by atoms with van der Waals surface area (Å²) in [5.41, 5.74) is 9.27. The first-order chi connectivity index (χ1) is 15.4. The molecule has 0 fully saturated rings. The maximum absolute atomic E-state index is 12.8. The van der Waals surface area contributed by atoms with E-state index in [1.54, 1.807) is 17.0 Å². The first kappa shape index (κ1) is 23.1. The number of nitrogens with two attached hydrogens (primary N) is 1. The van der Waals surface area contributed by atoms with Gasteiger partial charge in [0.15, 0.2) is 5.96 Å². The number of nitrogens with one attached hydrogen (secondary N) is 2. The molecule has 7 nitrogen and oxygen atoms in total. The Labute approximate surface area is 188 Å². The molecule has 2 atom stereocenters. The summed E-state index contributed by atoms with van der Waals surface area (Å²) in [4.78, 5) is 27.1. The van der Waals surface area contributed by atoms with Crippen LogP contribution in [0.1, 0.15) is 30.1 Å². The molecule has 0 unspecified atom stereocenters. The highest BCUT2D eigenvalue weighted by Gasteiger charge is 2.29. The van der Waals surface area contributed by atoms with E-state index < -0.39 is 12.0 Å². The van der Waals surface area contributed by atoms with Crippen molar-refractivity contribution in [3.63, 3.8) is 0 Å². The van der Waals surface area contributed by atoms with E-state index in [4.69, 9.17) is 15.9 Å². The summed E-state index contributed by atoms with van der Waals surface area (Å²) in [6.07, 6.45) is 3.27. The van der Waals surface area contributed by atoms with Gasteiger partial charge in [0.2, 0.25) is 0 Å². The van der Waals surface area contributed by atoms with Crippen molar-refractivity contribution >= 4 is 17.8 Å². The highest BCUT2D eigenvalue weighted by molar-refractivity contribution is 5.95. The largest absolute Gasteiger partial charge is 0.469 e. The summed E-state index contributed by atoms with van der Waals surface area (Å²) >= 11 is 0. The van der Waals surface area contributed by atoms with Gasteiger partial charge in [-0.15, -0.1) is 0 Å². The van der Waals surface area contributed by atoms with Gasteiger partial charge >= 0.3 is 5.97 Å². The molecular weight excluding hydrogens is 404 g/mol. The molecule has 1 heterocycles. The van der Waals surface area contributed by atoms with Crippen LogP contribution in [0.4, 0.5) is 0 Å². The van der Waals surface area contributed by atoms with Crippen LogP contribution >= 0.6 is 0 Å². The number of esters is 1. The third-order valence-electron chi connectivity index (χ3n) is 5.77. The van der Waals surface area contributed by atoms with Crippen LogP contribution < -0.4 is 11.1 Å². The molecule has 4 N–H and O–H groups in total. The van der Waals surface area contributed by atoms with Gasteiger partial charge in [-0.05, 0) is 43.0 Å². The summed E-state index contributed by atoms with van der Waals surface area (Å²) in [6.45, 7) is 3.00. The smallest absolute Gasteiger partial charge is 0.311 e. The molecule has 1 aliphatic rings. The zero-order valence-electron chi connectivity index (χ0n) is 18.5. The third-order valence-corrected chi connectivity index (χ3v) is 5.77. The SMILES string of the molecule is COC(=O)[C@H](CC1=CCCN(C(=N)N)C1)[C@@H](C)NC(=O)c1ccc(-c2ccccc2)cc1. The lowest BCUT2D eigenvalue weighted by Crippen LogP contribution is -2.44. The second-order valence-corrected chi connectivity index (χ2v) is 8.00. The van der Waals surface area contributed by atoms with E-state index in [-0.39, 0.29) is 17.8 Å². The normalized spacial score (nSPS) is 15.3. The minimum atomic E-state index is -0.536. The van der Waals surface area contributed by atoms with Gasteiger partial charge in [-0.2, -0.15) is 0 Å². The second-order valence-electron chi connectivity index (χ2n) is 8.00. The first-order valence-corrected chi connectivity index (χ1v) is 10.7. The van der Waals surface area contributed by atoms with Crippen molar-refractivity contribution in [1.29, 1.82) is 5.41 Å². The Morgan fingerprint density at radius 2 is 1.78 bits per heavy atom. The number of ether oxygens (including phenoxy) is 1. The topological polar surface area (TPSA) is 109 Å². The van der Waals surface area contributed by atoms with Crippen LogP contribution in [-0.2, 0) is 9.53 Å². The molecule has 2 aromatic carbocycles. The summed E-state index contributed by atoms with van der Waals surface area (Å²) in [5, 5.41) is 10.6. The number of guanidine groups is 1. The zero-order chi connectivity index (χ0) is 23.1. The van der Waals surface area contributed by atoms with Crippen molar-refractivity contribution in [2.24, 2.45) is 11.7 Å². The van der Waals surface area contributed by atoms with Crippen LogP contribution in [0.25, 0.3) is 11.1 Å². The molecule has 7 heteroatoms. The van der Waals surface area contributed by atoms with Crippen molar-refractivity contribution in [3.8, 4) is 11.1 Å². The van der Waals surface area contributed by atoms with Crippen LogP contribution in [-0.4, -0.2) is 49.0 Å². The van der Waals surface area contributed by atoms with Crippen LogP contribution in [0.5, 0.6) is 0 Å². The van der Waals surface area contributed by atoms with Crippen molar-refractivity contribution < 1.29 is 14.3 Å². The lowest BCUT2D eigenvalue weighted by atomic mass is 9.91. The summed E-state index contributed by atoms with van der Waals surface area (Å²) in [7, 11) is 1.35. The van der Waals surface area contributed by atoms with Crippen molar-refractivity contribution in [3.05, 3.63) is 71.8 Å². The van der Waals surface area contributed by atoms with E-state index >= 15 is 0 Å². The summed E-state index contributed by atoms with van der Waals surface area (Å²) < 4.78 is 5.00. The minimum absolute atomic E-state index is 0.0190. The molecule has 0 aromatic heterocycles. The Morgan fingerprint density at radius 1 is 1.12 bits per heavy atom. The lowest BCUT2D eigenvalue weighted by molar-refractivity contribution is -0.146. The number of benzene rings is 2. The predicted octanol–water partition coefficient (Wildman–Crippen LogP) is 3.18. The van der Waals surface area contributed by atoms with E-state index in [9.17, 15) is 9.59 Å². The van der Waals surface area contributed by atoms with Crippen molar-refractivity contribution in [1.82, 2.24) is 10.2 Å². The van der Waals surface area contributed by atoms with E-state index in [0.29, 0.717) is 25.1 Å². The fourth-order valence-corrected chi connectivity index (χ4v) is 3.90. The minimum Gasteiger partial charge on any atom is -0.469 e. The zero-order valence-corrected chi connectivity index (χ0v) is 18.5. The summed E-state index contributed by atoms with van der Waals surface area (Å²) in [5.74, 6) is -1.14. The maximum Gasteiger partial charge on any atom is 0.311 e. The van der Waals surface area contributed by atoms with Gasteiger partial charge in [-0.3, -0.25) is 15.0 Å². The van der Waals surface area contributed by atoms with Gasteiger partial charge < -0.3 is 20.7 Å². The third kappa shape index (κ3) is 5.75. The number of carbonyl (C=O) groups excluding carboxylic acids is 2. The monoisotopic (exact) mass is 434 g/mol. The van der Waals surface area contributed by atoms with Crippen molar-refractivity contribution in [2.45, 2.75) is 25.8 Å². The molecule has 168 valence electrons. The first-order valence-electron chi connectivity index (χ1n) is 10.7. The lowest BCUT2D eigenvalue weighted by Gasteiger charge is -2.30. The second kappa shape index (κ2) is 10.6. The van der Waals surface area contributed by atoms with E-state index in [0.717, 1.165) is 23.1 Å². The van der Waals surface area contributed by atoms with E-state index in [1.165, 1.54) is 7.11 Å². The molecular formula is C25H30N4O3. The van der Waals surface area contributed by atoms with Gasteiger partial charge in [0.25, 0.3) is 5.91 Å². The van der Waals surface area contributed by atoms with Crippen LogP contribution in [0.3, 0.4) is 0 Å². The standard InChI is InChI=1S/C25H30N4O3/c1-17(22(24(31)32-2)15-18-7-6-14-29(16-18)25(26)27)28-23(30)21-12-10-20(11-13-21)19-8-4-3-5-9-19/h3-5,7-13,17,22H,6,14-16H2,1-2H3,(H3,26,27)(H,28,30)/t17-,22-/m1/s1. The molecule has 3 rings (SSSR count). The molecule has 1 aliphatic heterocycles. The van der Waals surface area contributed by atoms with Gasteiger partial charge in [0.05, 0.1) is 13.0 Å². The average molecular weight is 435 g/mol. The Kier molecular flexibility index (Phi) is 7.65. The van der Waals surface area contributed by atoms with Gasteiger partial charge in [0.1, 0.15) is 0 Å². The van der Waals surface area contributed by atoms with E-state index in [1.807, 2.05) is 49.4 Å². The molecule has 0 radical (unpaired) electrons. The fraction of sp³-hybridized carbons (Fsp3) is 0.320. The van der Waals surface area contributed by atoms with Crippen molar-refractivity contribution in [2.75, 3.05) is 20.2 Å². The quantitative estimate of drug-likeness (QED) is 0.268. The Balaban J connectivity index is 1.67. The number of methoxy groups -OCH3 is 1. The Hall–Kier alpha value is -3.61. The maximum atomic E-state index is 12.8. The average Bonchev–Trinajstić information content (AvgIpc) is 2.82. The van der Waals surface area contributed by atoms with E-state index in [2.05, 4.69) is 11.4 Å². The van der Waals surface area contributed by atoms with Gasteiger partial charge in [-0.1, -0.05) is 54.1 Å². The molecule has 0 saturated heterocycles.